The van der Waals surface area contributed by atoms with Crippen LogP contribution in [0, 0.1) is 5.92 Å². The van der Waals surface area contributed by atoms with E-state index in [0.717, 1.165) is 5.92 Å². The maximum Gasteiger partial charge on any atom is 0.0182 e. The average Bonchev–Trinajstić information content (AvgIpc) is 2.85. The van der Waals surface area contributed by atoms with E-state index in [2.05, 4.69) is 30.8 Å². The second-order valence-electron chi connectivity index (χ2n) is 5.69. The van der Waals surface area contributed by atoms with E-state index >= 15 is 0 Å². The van der Waals surface area contributed by atoms with Gasteiger partial charge in [-0.2, -0.15) is 0 Å². The van der Waals surface area contributed by atoms with Gasteiger partial charge in [-0.3, -0.25) is 4.90 Å². The normalized spacial score (nSPS) is 28.3. The van der Waals surface area contributed by atoms with Gasteiger partial charge >= 0.3 is 0 Å². The molecule has 1 aliphatic carbocycles. The van der Waals surface area contributed by atoms with E-state index in [9.17, 15) is 0 Å². The Hall–Kier alpha value is -0.0800. The van der Waals surface area contributed by atoms with Crippen molar-refractivity contribution in [2.24, 2.45) is 5.92 Å². The highest BCUT2D eigenvalue weighted by molar-refractivity contribution is 5.00. The van der Waals surface area contributed by atoms with Crippen molar-refractivity contribution in [2.75, 3.05) is 33.7 Å². The van der Waals surface area contributed by atoms with Crippen LogP contribution < -0.4 is 0 Å². The molecule has 1 aliphatic heterocycles. The third-order valence-electron chi connectivity index (χ3n) is 3.97. The van der Waals surface area contributed by atoms with Gasteiger partial charge in [-0.05, 0) is 65.7 Å². The minimum absolute atomic E-state index is 0.614. The summed E-state index contributed by atoms with van der Waals surface area (Å²) < 4.78 is 0. The van der Waals surface area contributed by atoms with E-state index in [4.69, 9.17) is 0 Å². The summed E-state index contributed by atoms with van der Waals surface area (Å²) >= 11 is 0. The zero-order valence-electron chi connectivity index (χ0n) is 9.92. The van der Waals surface area contributed by atoms with Crippen molar-refractivity contribution in [1.82, 2.24) is 9.80 Å². The second-order valence-corrected chi connectivity index (χ2v) is 5.69. The fraction of sp³-hybridized carbons (Fsp3) is 1.00. The first kappa shape index (κ1) is 10.4. The van der Waals surface area contributed by atoms with E-state index in [1.807, 2.05) is 0 Å². The Labute approximate surface area is 88.3 Å². The van der Waals surface area contributed by atoms with Crippen LogP contribution in [0.1, 0.15) is 32.6 Å². The highest BCUT2D eigenvalue weighted by atomic mass is 15.2. The summed E-state index contributed by atoms with van der Waals surface area (Å²) in [4.78, 5) is 5.05. The largest absolute Gasteiger partial charge is 0.309 e. The molecule has 0 amide bonds. The lowest BCUT2D eigenvalue weighted by Gasteiger charge is -2.37. The van der Waals surface area contributed by atoms with Crippen molar-refractivity contribution < 1.29 is 0 Å². The van der Waals surface area contributed by atoms with E-state index in [-0.39, 0.29) is 0 Å². The Bertz CT molecular complexity index is 188. The molecule has 2 fully saturated rings. The summed E-state index contributed by atoms with van der Waals surface area (Å²) in [7, 11) is 4.38. The molecule has 1 heterocycles. The zero-order valence-corrected chi connectivity index (χ0v) is 9.92. The highest BCUT2D eigenvalue weighted by Crippen LogP contribution is 2.42. The number of hydrogen-bond donors (Lipinski definition) is 0. The SMILES string of the molecule is CN(C)CC1CCN(C2(C)CC2)CC1. The van der Waals surface area contributed by atoms with Gasteiger partial charge in [-0.25, -0.2) is 0 Å². The van der Waals surface area contributed by atoms with Gasteiger partial charge in [0, 0.05) is 12.1 Å². The fourth-order valence-electron chi connectivity index (χ4n) is 2.67. The van der Waals surface area contributed by atoms with Gasteiger partial charge in [-0.15, -0.1) is 0 Å². The molecule has 2 heteroatoms. The first-order valence-corrected chi connectivity index (χ1v) is 6.00. The number of piperidine rings is 1. The average molecular weight is 196 g/mol. The van der Waals surface area contributed by atoms with Crippen LogP contribution >= 0.6 is 0 Å². The first-order chi connectivity index (χ1) is 6.60. The number of nitrogens with zero attached hydrogens (tertiary/aromatic N) is 2. The Balaban J connectivity index is 1.75. The van der Waals surface area contributed by atoms with Crippen LogP contribution in [-0.4, -0.2) is 49.1 Å². The molecular weight excluding hydrogens is 172 g/mol. The van der Waals surface area contributed by atoms with Crippen LogP contribution in [0.3, 0.4) is 0 Å². The quantitative estimate of drug-likeness (QED) is 0.679. The zero-order chi connectivity index (χ0) is 10.2. The third kappa shape index (κ3) is 2.29. The summed E-state index contributed by atoms with van der Waals surface area (Å²) in [5, 5.41) is 0. The Morgan fingerprint density at radius 3 is 2.21 bits per heavy atom. The van der Waals surface area contributed by atoms with E-state index < -0.39 is 0 Å². The molecule has 1 saturated heterocycles. The molecule has 0 radical (unpaired) electrons. The number of likely N-dealkylation sites (tertiary alicyclic amines) is 1. The van der Waals surface area contributed by atoms with Crippen LogP contribution in [0.5, 0.6) is 0 Å². The Kier molecular flexibility index (Phi) is 2.85. The van der Waals surface area contributed by atoms with Gasteiger partial charge in [0.1, 0.15) is 0 Å². The lowest BCUT2D eigenvalue weighted by atomic mass is 9.95. The van der Waals surface area contributed by atoms with Gasteiger partial charge in [0.2, 0.25) is 0 Å². The first-order valence-electron chi connectivity index (χ1n) is 6.00. The fourth-order valence-corrected chi connectivity index (χ4v) is 2.67. The van der Waals surface area contributed by atoms with Crippen LogP contribution in [0.15, 0.2) is 0 Å². The summed E-state index contributed by atoms with van der Waals surface area (Å²) in [5.41, 5.74) is 0.614. The van der Waals surface area contributed by atoms with Crippen LogP contribution in [0.2, 0.25) is 0 Å². The van der Waals surface area contributed by atoms with Crippen molar-refractivity contribution in [2.45, 2.75) is 38.1 Å². The van der Waals surface area contributed by atoms with Gasteiger partial charge in [0.05, 0.1) is 0 Å². The van der Waals surface area contributed by atoms with Crippen molar-refractivity contribution in [3.05, 3.63) is 0 Å². The van der Waals surface area contributed by atoms with Gasteiger partial charge in [0.15, 0.2) is 0 Å². The molecule has 2 nitrogen and oxygen atoms in total. The minimum atomic E-state index is 0.614. The standard InChI is InChI=1S/C12H24N2/c1-12(6-7-12)14-8-4-11(5-9-14)10-13(2)3/h11H,4-10H2,1-3H3. The minimum Gasteiger partial charge on any atom is -0.309 e. The molecule has 0 atom stereocenters. The Morgan fingerprint density at radius 2 is 1.79 bits per heavy atom. The molecule has 14 heavy (non-hydrogen) atoms. The topological polar surface area (TPSA) is 6.48 Å². The van der Waals surface area contributed by atoms with Crippen molar-refractivity contribution in [1.29, 1.82) is 0 Å². The van der Waals surface area contributed by atoms with E-state index in [1.54, 1.807) is 0 Å². The summed E-state index contributed by atoms with van der Waals surface area (Å²) in [6, 6.07) is 0. The molecular formula is C12H24N2. The van der Waals surface area contributed by atoms with Crippen molar-refractivity contribution in [3.8, 4) is 0 Å². The summed E-state index contributed by atoms with van der Waals surface area (Å²) in [6.45, 7) is 6.40. The lowest BCUT2D eigenvalue weighted by Crippen LogP contribution is -2.43. The van der Waals surface area contributed by atoms with E-state index in [0.29, 0.717) is 5.54 Å². The van der Waals surface area contributed by atoms with Gasteiger partial charge in [-0.1, -0.05) is 0 Å². The summed E-state index contributed by atoms with van der Waals surface area (Å²) in [6.07, 6.45) is 5.69. The van der Waals surface area contributed by atoms with Crippen LogP contribution in [0.4, 0.5) is 0 Å². The molecule has 0 aromatic carbocycles. The van der Waals surface area contributed by atoms with Crippen molar-refractivity contribution >= 4 is 0 Å². The molecule has 0 N–H and O–H groups in total. The van der Waals surface area contributed by atoms with Gasteiger partial charge < -0.3 is 4.90 Å². The van der Waals surface area contributed by atoms with Crippen molar-refractivity contribution in [3.63, 3.8) is 0 Å². The summed E-state index contributed by atoms with van der Waals surface area (Å²) in [5.74, 6) is 0.948. The smallest absolute Gasteiger partial charge is 0.0182 e. The molecule has 0 spiro atoms. The molecule has 0 aromatic rings. The molecule has 2 aliphatic rings. The van der Waals surface area contributed by atoms with Crippen LogP contribution in [0.25, 0.3) is 0 Å². The Morgan fingerprint density at radius 1 is 1.21 bits per heavy atom. The number of hydrogen-bond acceptors (Lipinski definition) is 2. The predicted octanol–water partition coefficient (Wildman–Crippen LogP) is 1.81. The molecule has 2 rings (SSSR count). The van der Waals surface area contributed by atoms with E-state index in [1.165, 1.54) is 45.3 Å². The monoisotopic (exact) mass is 196 g/mol. The maximum atomic E-state index is 2.72. The molecule has 0 aromatic heterocycles. The third-order valence-corrected chi connectivity index (χ3v) is 3.97. The molecule has 0 unspecified atom stereocenters. The van der Waals surface area contributed by atoms with Gasteiger partial charge in [0.25, 0.3) is 0 Å². The molecule has 0 bridgehead atoms. The van der Waals surface area contributed by atoms with Crippen LogP contribution in [-0.2, 0) is 0 Å². The maximum absolute atomic E-state index is 2.72. The second kappa shape index (κ2) is 3.82. The molecule has 1 saturated carbocycles. The number of rotatable bonds is 3. The lowest BCUT2D eigenvalue weighted by molar-refractivity contribution is 0.115. The highest BCUT2D eigenvalue weighted by Gasteiger charge is 2.43. The predicted molar refractivity (Wildman–Crippen MR) is 60.5 cm³/mol. The molecule has 82 valence electrons.